The van der Waals surface area contributed by atoms with E-state index in [0.717, 1.165) is 24.4 Å². The standard InChI is InChI=1S/C17H18N4O2S/c1-18-14-16(21-8-10-23-11-9-21)19-15(20-17(14)24-3)12-4-6-13(22-2)7-5-12/h4-7H,8-11H2,2-3H3. The van der Waals surface area contributed by atoms with Crippen molar-refractivity contribution in [3.05, 3.63) is 35.7 Å². The number of aromatic nitrogens is 2. The first-order valence-corrected chi connectivity index (χ1v) is 8.80. The van der Waals surface area contributed by atoms with E-state index in [2.05, 4.69) is 14.7 Å². The molecule has 124 valence electrons. The molecule has 1 aromatic carbocycles. The fourth-order valence-corrected chi connectivity index (χ4v) is 3.04. The summed E-state index contributed by atoms with van der Waals surface area (Å²) in [5, 5.41) is 0.701. The highest BCUT2D eigenvalue weighted by molar-refractivity contribution is 7.98. The van der Waals surface area contributed by atoms with Crippen molar-refractivity contribution in [3.8, 4) is 17.1 Å². The Kier molecular flexibility index (Phi) is 5.18. The van der Waals surface area contributed by atoms with E-state index in [1.807, 2.05) is 30.5 Å². The highest BCUT2D eigenvalue weighted by Crippen LogP contribution is 2.37. The average molecular weight is 342 g/mol. The largest absolute Gasteiger partial charge is 0.497 e. The van der Waals surface area contributed by atoms with Crippen LogP contribution in [0, 0.1) is 6.57 Å². The number of nitrogens with zero attached hydrogens (tertiary/aromatic N) is 4. The van der Waals surface area contributed by atoms with Gasteiger partial charge >= 0.3 is 0 Å². The van der Waals surface area contributed by atoms with Crippen molar-refractivity contribution >= 4 is 23.3 Å². The summed E-state index contributed by atoms with van der Waals surface area (Å²) >= 11 is 1.47. The maximum atomic E-state index is 7.53. The quantitative estimate of drug-likeness (QED) is 0.483. The Balaban J connectivity index is 2.07. The van der Waals surface area contributed by atoms with Crippen LogP contribution in [0.4, 0.5) is 11.5 Å². The van der Waals surface area contributed by atoms with Crippen LogP contribution in [-0.4, -0.2) is 49.6 Å². The van der Waals surface area contributed by atoms with E-state index in [9.17, 15) is 0 Å². The summed E-state index contributed by atoms with van der Waals surface area (Å²) in [6.45, 7) is 10.3. The number of anilines is 1. The lowest BCUT2D eigenvalue weighted by atomic mass is 10.2. The number of benzene rings is 1. The molecule has 0 N–H and O–H groups in total. The molecular formula is C17H18N4O2S. The maximum Gasteiger partial charge on any atom is 0.259 e. The summed E-state index contributed by atoms with van der Waals surface area (Å²) in [6.07, 6.45) is 1.93. The first kappa shape index (κ1) is 16.6. The number of hydrogen-bond donors (Lipinski definition) is 0. The molecular weight excluding hydrogens is 324 g/mol. The predicted octanol–water partition coefficient (Wildman–Crippen LogP) is 3.26. The molecule has 2 heterocycles. The van der Waals surface area contributed by atoms with Crippen LogP contribution in [0.5, 0.6) is 5.75 Å². The SMILES string of the molecule is [C-]#[N+]c1c(SC)nc(-c2ccc(OC)cc2)nc1N1CCOCC1. The van der Waals surface area contributed by atoms with Crippen molar-refractivity contribution in [1.82, 2.24) is 9.97 Å². The smallest absolute Gasteiger partial charge is 0.259 e. The summed E-state index contributed by atoms with van der Waals surface area (Å²) < 4.78 is 10.6. The molecule has 0 aliphatic carbocycles. The summed E-state index contributed by atoms with van der Waals surface area (Å²) in [4.78, 5) is 15.1. The lowest BCUT2D eigenvalue weighted by Gasteiger charge is -2.29. The zero-order chi connectivity index (χ0) is 16.9. The van der Waals surface area contributed by atoms with E-state index in [-0.39, 0.29) is 0 Å². The molecule has 0 spiro atoms. The van der Waals surface area contributed by atoms with E-state index in [0.29, 0.717) is 35.6 Å². The molecule has 0 atom stereocenters. The van der Waals surface area contributed by atoms with Crippen molar-refractivity contribution in [2.45, 2.75) is 5.03 Å². The molecule has 7 heteroatoms. The molecule has 2 aromatic rings. The van der Waals surface area contributed by atoms with Crippen molar-refractivity contribution in [3.63, 3.8) is 0 Å². The predicted molar refractivity (Wildman–Crippen MR) is 95.1 cm³/mol. The number of thioether (sulfide) groups is 1. The molecule has 24 heavy (non-hydrogen) atoms. The first-order chi connectivity index (χ1) is 11.8. The summed E-state index contributed by atoms with van der Waals surface area (Å²) in [5.41, 5.74) is 1.42. The topological polar surface area (TPSA) is 51.8 Å². The minimum atomic E-state index is 0.515. The molecule has 0 bridgehead atoms. The zero-order valence-electron chi connectivity index (χ0n) is 13.7. The van der Waals surface area contributed by atoms with Crippen LogP contribution >= 0.6 is 11.8 Å². The van der Waals surface area contributed by atoms with Gasteiger partial charge in [0.05, 0.1) is 26.9 Å². The van der Waals surface area contributed by atoms with Gasteiger partial charge in [0.2, 0.25) is 0 Å². The molecule has 0 saturated carbocycles. The summed E-state index contributed by atoms with van der Waals surface area (Å²) in [7, 11) is 1.64. The molecule has 1 fully saturated rings. The van der Waals surface area contributed by atoms with Gasteiger partial charge in [-0.05, 0) is 30.5 Å². The van der Waals surface area contributed by atoms with Crippen LogP contribution in [0.1, 0.15) is 0 Å². The van der Waals surface area contributed by atoms with Crippen LogP contribution in [0.3, 0.4) is 0 Å². The Morgan fingerprint density at radius 2 is 1.92 bits per heavy atom. The van der Waals surface area contributed by atoms with E-state index in [4.69, 9.17) is 21.0 Å². The third kappa shape index (κ3) is 3.30. The number of rotatable bonds is 4. The normalized spacial score (nSPS) is 14.3. The second-order valence-electron chi connectivity index (χ2n) is 5.17. The summed E-state index contributed by atoms with van der Waals surface area (Å²) in [6, 6.07) is 7.63. The molecule has 0 amide bonds. The van der Waals surface area contributed by atoms with Gasteiger partial charge in [-0.15, -0.1) is 11.8 Å². The van der Waals surface area contributed by atoms with Gasteiger partial charge in [-0.1, -0.05) is 0 Å². The number of morpholine rings is 1. The van der Waals surface area contributed by atoms with E-state index < -0.39 is 0 Å². The van der Waals surface area contributed by atoms with E-state index in [1.54, 1.807) is 7.11 Å². The lowest BCUT2D eigenvalue weighted by molar-refractivity contribution is 0.122. The molecule has 1 saturated heterocycles. The highest BCUT2D eigenvalue weighted by atomic mass is 32.2. The third-order valence-electron chi connectivity index (χ3n) is 3.80. The van der Waals surface area contributed by atoms with Gasteiger partial charge in [0.25, 0.3) is 5.69 Å². The Morgan fingerprint density at radius 3 is 2.50 bits per heavy atom. The van der Waals surface area contributed by atoms with Crippen molar-refractivity contribution in [2.24, 2.45) is 0 Å². The van der Waals surface area contributed by atoms with E-state index in [1.165, 1.54) is 11.8 Å². The molecule has 0 unspecified atom stereocenters. The maximum absolute atomic E-state index is 7.53. The average Bonchev–Trinajstić information content (AvgIpc) is 2.67. The van der Waals surface area contributed by atoms with Gasteiger partial charge in [-0.3, -0.25) is 0 Å². The number of hydrogen-bond acceptors (Lipinski definition) is 6. The van der Waals surface area contributed by atoms with Crippen molar-refractivity contribution in [2.75, 3.05) is 44.6 Å². The van der Waals surface area contributed by atoms with Gasteiger partial charge in [0.1, 0.15) is 16.6 Å². The second kappa shape index (κ2) is 7.51. The molecule has 0 radical (unpaired) electrons. The van der Waals surface area contributed by atoms with Gasteiger partial charge < -0.3 is 14.4 Å². The van der Waals surface area contributed by atoms with Gasteiger partial charge in [0, 0.05) is 18.7 Å². The van der Waals surface area contributed by atoms with E-state index >= 15 is 0 Å². The van der Waals surface area contributed by atoms with Crippen LogP contribution in [-0.2, 0) is 4.74 Å². The van der Waals surface area contributed by atoms with Gasteiger partial charge in [0.15, 0.2) is 5.82 Å². The molecule has 1 aliphatic heterocycles. The van der Waals surface area contributed by atoms with Crippen LogP contribution < -0.4 is 9.64 Å². The third-order valence-corrected chi connectivity index (χ3v) is 4.47. The Bertz CT molecular complexity index is 752. The van der Waals surface area contributed by atoms with Crippen LogP contribution in [0.25, 0.3) is 16.2 Å². The first-order valence-electron chi connectivity index (χ1n) is 7.57. The molecule has 3 rings (SSSR count). The monoisotopic (exact) mass is 342 g/mol. The Morgan fingerprint density at radius 1 is 1.21 bits per heavy atom. The van der Waals surface area contributed by atoms with Crippen LogP contribution in [0.15, 0.2) is 29.3 Å². The Labute approximate surface area is 145 Å². The van der Waals surface area contributed by atoms with Crippen LogP contribution in [0.2, 0.25) is 0 Å². The lowest BCUT2D eigenvalue weighted by Crippen LogP contribution is -2.37. The minimum absolute atomic E-state index is 0.515. The zero-order valence-corrected chi connectivity index (χ0v) is 14.5. The van der Waals surface area contributed by atoms with Crippen molar-refractivity contribution in [1.29, 1.82) is 0 Å². The fraction of sp³-hybridized carbons (Fsp3) is 0.353. The number of ether oxygens (including phenoxy) is 2. The molecule has 6 nitrogen and oxygen atoms in total. The van der Waals surface area contributed by atoms with Gasteiger partial charge in [-0.25, -0.2) is 14.8 Å². The fourth-order valence-electron chi connectivity index (χ4n) is 2.53. The number of methoxy groups -OCH3 is 1. The summed E-state index contributed by atoms with van der Waals surface area (Å²) in [5.74, 6) is 2.10. The minimum Gasteiger partial charge on any atom is -0.497 e. The Hall–Kier alpha value is -2.30. The van der Waals surface area contributed by atoms with Crippen molar-refractivity contribution < 1.29 is 9.47 Å². The highest BCUT2D eigenvalue weighted by Gasteiger charge is 2.22. The molecule has 1 aromatic heterocycles. The molecule has 1 aliphatic rings. The second-order valence-corrected chi connectivity index (χ2v) is 5.96. The van der Waals surface area contributed by atoms with Gasteiger partial charge in [-0.2, -0.15) is 0 Å².